The van der Waals surface area contributed by atoms with E-state index in [0.717, 1.165) is 11.6 Å². The van der Waals surface area contributed by atoms with Crippen LogP contribution in [0.2, 0.25) is 0 Å². The first kappa shape index (κ1) is 14.1. The first-order chi connectivity index (χ1) is 8.52. The van der Waals surface area contributed by atoms with Crippen molar-refractivity contribution in [2.45, 2.75) is 13.8 Å². The van der Waals surface area contributed by atoms with Crippen molar-refractivity contribution in [2.75, 3.05) is 13.7 Å². The van der Waals surface area contributed by atoms with Crippen molar-refractivity contribution in [2.24, 2.45) is 5.92 Å². The molecule has 0 spiro atoms. The molecule has 4 heteroatoms. The van der Waals surface area contributed by atoms with Crippen LogP contribution in [-0.4, -0.2) is 24.8 Å². The van der Waals surface area contributed by atoms with Gasteiger partial charge < -0.3 is 14.6 Å². The summed E-state index contributed by atoms with van der Waals surface area (Å²) in [6.07, 6.45) is 2.60. The van der Waals surface area contributed by atoms with Gasteiger partial charge >= 0.3 is 5.97 Å². The molecule has 1 aromatic carbocycles. The number of carboxylic acids is 1. The Morgan fingerprint density at radius 2 is 2.11 bits per heavy atom. The van der Waals surface area contributed by atoms with Gasteiger partial charge in [-0.15, -0.1) is 0 Å². The van der Waals surface area contributed by atoms with Crippen LogP contribution in [0.1, 0.15) is 19.4 Å². The highest BCUT2D eigenvalue weighted by molar-refractivity contribution is 5.85. The van der Waals surface area contributed by atoms with Crippen LogP contribution in [0.3, 0.4) is 0 Å². The average molecular weight is 250 g/mol. The first-order valence-corrected chi connectivity index (χ1v) is 5.74. The van der Waals surface area contributed by atoms with Gasteiger partial charge in [0.05, 0.1) is 13.7 Å². The molecule has 1 rings (SSSR count). The SMILES string of the molecule is COc1cc(C=CC(=O)O)ccc1OCC(C)C. The molecule has 1 N–H and O–H groups in total. The Morgan fingerprint density at radius 1 is 1.39 bits per heavy atom. The summed E-state index contributed by atoms with van der Waals surface area (Å²) < 4.78 is 10.8. The fourth-order valence-corrected chi connectivity index (χ4v) is 1.33. The normalized spacial score (nSPS) is 10.9. The van der Waals surface area contributed by atoms with Crippen LogP contribution >= 0.6 is 0 Å². The van der Waals surface area contributed by atoms with Gasteiger partial charge in [-0.2, -0.15) is 0 Å². The number of ether oxygens (including phenoxy) is 2. The van der Waals surface area contributed by atoms with Gasteiger partial charge in [-0.1, -0.05) is 19.9 Å². The smallest absolute Gasteiger partial charge is 0.328 e. The van der Waals surface area contributed by atoms with Crippen molar-refractivity contribution in [3.05, 3.63) is 29.8 Å². The molecular weight excluding hydrogens is 232 g/mol. The second-order valence-corrected chi connectivity index (χ2v) is 4.29. The summed E-state index contributed by atoms with van der Waals surface area (Å²) in [5, 5.41) is 8.56. The molecule has 0 fully saturated rings. The van der Waals surface area contributed by atoms with E-state index in [1.54, 1.807) is 25.3 Å². The summed E-state index contributed by atoms with van der Waals surface area (Å²) in [6, 6.07) is 5.31. The first-order valence-electron chi connectivity index (χ1n) is 5.74. The monoisotopic (exact) mass is 250 g/mol. The summed E-state index contributed by atoms with van der Waals surface area (Å²) >= 11 is 0. The molecule has 1 aromatic rings. The fraction of sp³-hybridized carbons (Fsp3) is 0.357. The number of hydrogen-bond donors (Lipinski definition) is 1. The zero-order valence-corrected chi connectivity index (χ0v) is 10.8. The van der Waals surface area contributed by atoms with Crippen LogP contribution in [0.25, 0.3) is 6.08 Å². The van der Waals surface area contributed by atoms with Crippen molar-refractivity contribution in [1.29, 1.82) is 0 Å². The van der Waals surface area contributed by atoms with E-state index in [1.807, 2.05) is 0 Å². The number of benzene rings is 1. The Hall–Kier alpha value is -1.97. The number of carbonyl (C=O) groups is 1. The minimum atomic E-state index is -0.978. The van der Waals surface area contributed by atoms with Gasteiger partial charge in [-0.05, 0) is 29.7 Å². The third kappa shape index (κ3) is 4.49. The highest BCUT2D eigenvalue weighted by atomic mass is 16.5. The quantitative estimate of drug-likeness (QED) is 0.789. The van der Waals surface area contributed by atoms with E-state index in [4.69, 9.17) is 14.6 Å². The minimum absolute atomic E-state index is 0.432. The molecule has 0 aliphatic rings. The molecule has 0 atom stereocenters. The maximum absolute atomic E-state index is 10.4. The lowest BCUT2D eigenvalue weighted by molar-refractivity contribution is -0.131. The lowest BCUT2D eigenvalue weighted by Gasteiger charge is -2.12. The van der Waals surface area contributed by atoms with Crippen LogP contribution in [0.15, 0.2) is 24.3 Å². The van der Waals surface area contributed by atoms with Crippen LogP contribution < -0.4 is 9.47 Å². The summed E-state index contributed by atoms with van der Waals surface area (Å²) in [5.41, 5.74) is 0.756. The molecule has 0 heterocycles. The average Bonchev–Trinajstić information content (AvgIpc) is 2.34. The number of carboxylic acid groups (broad SMARTS) is 1. The number of methoxy groups -OCH3 is 1. The lowest BCUT2D eigenvalue weighted by Crippen LogP contribution is -2.05. The Kier molecular flexibility index (Phi) is 5.24. The van der Waals surface area contributed by atoms with Gasteiger partial charge in [-0.25, -0.2) is 4.79 Å². The minimum Gasteiger partial charge on any atom is -0.493 e. The lowest BCUT2D eigenvalue weighted by atomic mass is 10.2. The molecule has 18 heavy (non-hydrogen) atoms. The number of hydrogen-bond acceptors (Lipinski definition) is 3. The van der Waals surface area contributed by atoms with E-state index in [-0.39, 0.29) is 0 Å². The molecule has 0 amide bonds. The maximum Gasteiger partial charge on any atom is 0.328 e. The van der Waals surface area contributed by atoms with Crippen molar-refractivity contribution in [3.8, 4) is 11.5 Å². The molecule has 0 aliphatic heterocycles. The van der Waals surface area contributed by atoms with Crippen molar-refractivity contribution >= 4 is 12.0 Å². The van der Waals surface area contributed by atoms with Gasteiger partial charge in [0.2, 0.25) is 0 Å². The Bertz CT molecular complexity index is 435. The van der Waals surface area contributed by atoms with Gasteiger partial charge in [0.1, 0.15) is 0 Å². The maximum atomic E-state index is 10.4. The van der Waals surface area contributed by atoms with Crippen molar-refractivity contribution < 1.29 is 19.4 Å². The summed E-state index contributed by atoms with van der Waals surface area (Å²) in [4.78, 5) is 10.4. The zero-order valence-electron chi connectivity index (χ0n) is 10.8. The van der Waals surface area contributed by atoms with E-state index in [0.29, 0.717) is 24.0 Å². The van der Waals surface area contributed by atoms with Crippen molar-refractivity contribution in [3.63, 3.8) is 0 Å². The summed E-state index contributed by atoms with van der Waals surface area (Å²) in [6.45, 7) is 4.74. The molecule has 0 saturated carbocycles. The van der Waals surface area contributed by atoms with E-state index in [1.165, 1.54) is 6.08 Å². The Balaban J connectivity index is 2.85. The van der Waals surface area contributed by atoms with Crippen LogP contribution in [0.5, 0.6) is 11.5 Å². The van der Waals surface area contributed by atoms with Gasteiger partial charge in [0.25, 0.3) is 0 Å². The predicted octanol–water partition coefficient (Wildman–Crippen LogP) is 2.83. The third-order valence-corrected chi connectivity index (χ3v) is 2.18. The Morgan fingerprint density at radius 3 is 2.67 bits per heavy atom. The second-order valence-electron chi connectivity index (χ2n) is 4.29. The molecule has 0 aromatic heterocycles. The Labute approximate surface area is 107 Å². The highest BCUT2D eigenvalue weighted by Gasteiger charge is 2.05. The predicted molar refractivity (Wildman–Crippen MR) is 70.0 cm³/mol. The van der Waals surface area contributed by atoms with Gasteiger partial charge in [0, 0.05) is 6.08 Å². The third-order valence-electron chi connectivity index (χ3n) is 2.18. The number of rotatable bonds is 6. The highest BCUT2D eigenvalue weighted by Crippen LogP contribution is 2.28. The number of aliphatic carboxylic acids is 1. The fourth-order valence-electron chi connectivity index (χ4n) is 1.33. The van der Waals surface area contributed by atoms with Gasteiger partial charge in [0.15, 0.2) is 11.5 Å². The molecular formula is C14H18O4. The standard InChI is InChI=1S/C14H18O4/c1-10(2)9-18-12-6-4-11(5-7-14(15)16)8-13(12)17-3/h4-8,10H,9H2,1-3H3,(H,15,16). The van der Waals surface area contributed by atoms with Gasteiger partial charge in [-0.3, -0.25) is 0 Å². The van der Waals surface area contributed by atoms with Crippen LogP contribution in [0, 0.1) is 5.92 Å². The molecule has 0 saturated heterocycles. The van der Waals surface area contributed by atoms with E-state index in [9.17, 15) is 4.79 Å². The largest absolute Gasteiger partial charge is 0.493 e. The second kappa shape index (κ2) is 6.69. The summed E-state index contributed by atoms with van der Waals surface area (Å²) in [7, 11) is 1.56. The van der Waals surface area contributed by atoms with Crippen molar-refractivity contribution in [1.82, 2.24) is 0 Å². The molecule has 98 valence electrons. The molecule has 0 unspecified atom stereocenters. The van der Waals surface area contributed by atoms with E-state index < -0.39 is 5.97 Å². The van der Waals surface area contributed by atoms with Crippen LogP contribution in [0.4, 0.5) is 0 Å². The molecule has 4 nitrogen and oxygen atoms in total. The van der Waals surface area contributed by atoms with E-state index >= 15 is 0 Å². The molecule has 0 radical (unpaired) electrons. The topological polar surface area (TPSA) is 55.8 Å². The molecule has 0 bridgehead atoms. The summed E-state index contributed by atoms with van der Waals surface area (Å²) in [5.74, 6) is 0.720. The van der Waals surface area contributed by atoms with Crippen LogP contribution in [-0.2, 0) is 4.79 Å². The van der Waals surface area contributed by atoms with E-state index in [2.05, 4.69) is 13.8 Å². The molecule has 0 aliphatic carbocycles. The zero-order chi connectivity index (χ0) is 13.5.